The molecule has 0 bridgehead atoms. The fraction of sp³-hybridized carbons (Fsp3) is 0.500. The average Bonchev–Trinajstić information content (AvgIpc) is 2.77. The van der Waals surface area contributed by atoms with E-state index in [0.717, 1.165) is 42.5 Å². The highest BCUT2D eigenvalue weighted by Crippen LogP contribution is 2.25. The van der Waals surface area contributed by atoms with Gasteiger partial charge in [0.1, 0.15) is 11.3 Å². The van der Waals surface area contributed by atoms with Gasteiger partial charge < -0.3 is 5.32 Å². The molecule has 6 nitrogen and oxygen atoms in total. The lowest BCUT2D eigenvalue weighted by atomic mass is 9.98. The summed E-state index contributed by atoms with van der Waals surface area (Å²) in [6, 6.07) is 14.0. The first kappa shape index (κ1) is 25.7. The maximum absolute atomic E-state index is 13.1. The van der Waals surface area contributed by atoms with E-state index in [1.54, 1.807) is 11.2 Å². The Morgan fingerprint density at radius 2 is 1.75 bits per heavy atom. The van der Waals surface area contributed by atoms with Crippen molar-refractivity contribution in [3.63, 3.8) is 0 Å². The summed E-state index contributed by atoms with van der Waals surface area (Å²) < 4.78 is 0. The normalized spacial score (nSPS) is 12.6. The molecule has 2 rings (SSSR count). The molecule has 2 aromatic rings. The van der Waals surface area contributed by atoms with E-state index in [1.165, 1.54) is 0 Å². The number of amides is 1. The molecule has 1 atom stereocenters. The van der Waals surface area contributed by atoms with Crippen molar-refractivity contribution in [3.8, 4) is 11.1 Å². The number of nitrogens with zero attached hydrogens (tertiary/aromatic N) is 2. The standard InChI is InChI=1S/C26H38N4O2/c1-6-22(31)15-11-8-12-16-23(28-25(32)26(2,3)29-30(4)5)24-19-21(17-18-27-24)20-13-9-7-10-14-20/h7,9-10,13-14,17-19,23,29H,6,8,11-12,15-16H2,1-5H3,(H,28,32)/t23-/m0/s1. The van der Waals surface area contributed by atoms with Crippen molar-refractivity contribution >= 4 is 11.7 Å². The number of nitrogens with one attached hydrogen (secondary N) is 2. The van der Waals surface area contributed by atoms with Gasteiger partial charge >= 0.3 is 0 Å². The number of hydrogen-bond donors (Lipinski definition) is 2. The molecule has 0 radical (unpaired) electrons. The van der Waals surface area contributed by atoms with Crippen molar-refractivity contribution in [3.05, 3.63) is 54.4 Å². The van der Waals surface area contributed by atoms with Crippen LogP contribution in [0.5, 0.6) is 0 Å². The Hall–Kier alpha value is -2.57. The largest absolute Gasteiger partial charge is 0.346 e. The van der Waals surface area contributed by atoms with Crippen molar-refractivity contribution in [1.82, 2.24) is 20.7 Å². The van der Waals surface area contributed by atoms with Crippen LogP contribution in [0.15, 0.2) is 48.7 Å². The van der Waals surface area contributed by atoms with Crippen molar-refractivity contribution < 1.29 is 9.59 Å². The van der Waals surface area contributed by atoms with E-state index in [4.69, 9.17) is 0 Å². The smallest absolute Gasteiger partial charge is 0.241 e. The molecule has 6 heteroatoms. The van der Waals surface area contributed by atoms with Crippen LogP contribution in [0.2, 0.25) is 0 Å². The number of ketones is 1. The highest BCUT2D eigenvalue weighted by molar-refractivity contribution is 5.85. The monoisotopic (exact) mass is 438 g/mol. The van der Waals surface area contributed by atoms with Crippen LogP contribution in [0.4, 0.5) is 0 Å². The van der Waals surface area contributed by atoms with Crippen molar-refractivity contribution in [2.45, 2.75) is 70.9 Å². The number of carbonyl (C=O) groups is 2. The predicted octanol–water partition coefficient (Wildman–Crippen LogP) is 4.68. The number of hydrogen-bond acceptors (Lipinski definition) is 5. The van der Waals surface area contributed by atoms with Crippen LogP contribution >= 0.6 is 0 Å². The lowest BCUT2D eigenvalue weighted by Gasteiger charge is -2.31. The van der Waals surface area contributed by atoms with Gasteiger partial charge in [0.05, 0.1) is 11.7 Å². The van der Waals surface area contributed by atoms with Gasteiger partial charge in [-0.15, -0.1) is 0 Å². The lowest BCUT2D eigenvalue weighted by molar-refractivity contribution is -0.129. The summed E-state index contributed by atoms with van der Waals surface area (Å²) in [5, 5.41) is 5.00. The Morgan fingerprint density at radius 1 is 1.03 bits per heavy atom. The van der Waals surface area contributed by atoms with Crippen LogP contribution in [0.3, 0.4) is 0 Å². The molecule has 1 amide bonds. The molecule has 0 aliphatic rings. The topological polar surface area (TPSA) is 74.3 Å². The number of aromatic nitrogens is 1. The summed E-state index contributed by atoms with van der Waals surface area (Å²) in [4.78, 5) is 29.3. The van der Waals surface area contributed by atoms with Gasteiger partial charge in [-0.25, -0.2) is 10.4 Å². The first-order valence-electron chi connectivity index (χ1n) is 11.5. The zero-order valence-corrected chi connectivity index (χ0v) is 20.1. The lowest BCUT2D eigenvalue weighted by Crippen LogP contribution is -2.57. The van der Waals surface area contributed by atoms with Gasteiger partial charge in [0.25, 0.3) is 0 Å². The second kappa shape index (κ2) is 12.5. The minimum Gasteiger partial charge on any atom is -0.346 e. The van der Waals surface area contributed by atoms with E-state index in [-0.39, 0.29) is 11.9 Å². The number of unbranched alkanes of at least 4 members (excludes halogenated alkanes) is 2. The zero-order chi connectivity index (χ0) is 23.6. The maximum atomic E-state index is 13.1. The fourth-order valence-corrected chi connectivity index (χ4v) is 3.72. The van der Waals surface area contributed by atoms with Crippen LogP contribution in [0, 0.1) is 0 Å². The third-order valence-electron chi connectivity index (χ3n) is 5.46. The molecule has 2 N–H and O–H groups in total. The Bertz CT molecular complexity index is 865. The van der Waals surface area contributed by atoms with Gasteiger partial charge in [-0.05, 0) is 49.9 Å². The molecule has 0 aliphatic heterocycles. The number of rotatable bonds is 13. The third-order valence-corrected chi connectivity index (χ3v) is 5.46. The fourth-order valence-electron chi connectivity index (χ4n) is 3.72. The molecule has 0 unspecified atom stereocenters. The second-order valence-corrected chi connectivity index (χ2v) is 8.98. The molecule has 0 saturated heterocycles. The molecule has 1 heterocycles. The summed E-state index contributed by atoms with van der Waals surface area (Å²) in [6.07, 6.45) is 6.57. The zero-order valence-electron chi connectivity index (χ0n) is 20.1. The van der Waals surface area contributed by atoms with E-state index in [1.807, 2.05) is 59.1 Å². The van der Waals surface area contributed by atoms with E-state index >= 15 is 0 Å². The van der Waals surface area contributed by atoms with Gasteiger partial charge in [0, 0.05) is 33.1 Å². The van der Waals surface area contributed by atoms with E-state index in [0.29, 0.717) is 18.6 Å². The first-order chi connectivity index (χ1) is 15.2. The van der Waals surface area contributed by atoms with Crippen molar-refractivity contribution in [1.29, 1.82) is 0 Å². The summed E-state index contributed by atoms with van der Waals surface area (Å²) in [5.41, 5.74) is 5.46. The second-order valence-electron chi connectivity index (χ2n) is 8.98. The Balaban J connectivity index is 2.16. The number of hydrazine groups is 1. The van der Waals surface area contributed by atoms with Gasteiger partial charge in [-0.3, -0.25) is 14.6 Å². The summed E-state index contributed by atoms with van der Waals surface area (Å²) in [7, 11) is 3.74. The molecular weight excluding hydrogens is 400 g/mol. The molecule has 0 aliphatic carbocycles. The van der Waals surface area contributed by atoms with Crippen LogP contribution in [-0.2, 0) is 9.59 Å². The van der Waals surface area contributed by atoms with Crippen LogP contribution in [-0.4, -0.2) is 41.3 Å². The average molecular weight is 439 g/mol. The summed E-state index contributed by atoms with van der Waals surface area (Å²) in [6.45, 7) is 5.63. The van der Waals surface area contributed by atoms with Gasteiger partial charge in [0.15, 0.2) is 0 Å². The first-order valence-corrected chi connectivity index (χ1v) is 11.5. The Morgan fingerprint density at radius 3 is 2.41 bits per heavy atom. The molecule has 0 spiro atoms. The molecule has 0 saturated carbocycles. The molecular formula is C26H38N4O2. The van der Waals surface area contributed by atoms with Gasteiger partial charge in [0.2, 0.25) is 5.91 Å². The highest BCUT2D eigenvalue weighted by Gasteiger charge is 2.30. The van der Waals surface area contributed by atoms with Crippen molar-refractivity contribution in [2.75, 3.05) is 14.1 Å². The Kier molecular flexibility index (Phi) is 10.0. The molecule has 32 heavy (non-hydrogen) atoms. The SMILES string of the molecule is CCC(=O)CCCCC[C@H](NC(=O)C(C)(C)NN(C)C)c1cc(-c2ccccc2)ccn1. The van der Waals surface area contributed by atoms with Crippen LogP contribution < -0.4 is 10.7 Å². The van der Waals surface area contributed by atoms with Crippen LogP contribution in [0.1, 0.15) is 71.0 Å². The maximum Gasteiger partial charge on any atom is 0.241 e. The highest BCUT2D eigenvalue weighted by atomic mass is 16.2. The molecule has 0 fully saturated rings. The number of carbonyl (C=O) groups excluding carboxylic acids is 2. The number of Topliss-reactive ketones (excluding diaryl/α,β-unsaturated/α-hetero) is 1. The van der Waals surface area contributed by atoms with Gasteiger partial charge in [-0.2, -0.15) is 0 Å². The quantitative estimate of drug-likeness (QED) is 0.351. The number of benzene rings is 1. The minimum atomic E-state index is -0.758. The third kappa shape index (κ3) is 8.17. The van der Waals surface area contributed by atoms with Crippen molar-refractivity contribution in [2.24, 2.45) is 0 Å². The van der Waals surface area contributed by atoms with E-state index in [9.17, 15) is 9.59 Å². The summed E-state index contributed by atoms with van der Waals surface area (Å²) >= 11 is 0. The molecule has 1 aromatic carbocycles. The van der Waals surface area contributed by atoms with Crippen LogP contribution in [0.25, 0.3) is 11.1 Å². The minimum absolute atomic E-state index is 0.0794. The number of pyridine rings is 1. The summed E-state index contributed by atoms with van der Waals surface area (Å²) in [5.74, 6) is 0.230. The molecule has 174 valence electrons. The Labute approximate surface area is 192 Å². The van der Waals surface area contributed by atoms with E-state index < -0.39 is 5.54 Å². The molecule has 1 aromatic heterocycles. The van der Waals surface area contributed by atoms with Gasteiger partial charge in [-0.1, -0.05) is 50.1 Å². The predicted molar refractivity (Wildman–Crippen MR) is 130 cm³/mol. The van der Waals surface area contributed by atoms with E-state index in [2.05, 4.69) is 33.9 Å².